The topological polar surface area (TPSA) is 67.8 Å². The van der Waals surface area contributed by atoms with E-state index in [1.54, 1.807) is 6.92 Å². The fourth-order valence-corrected chi connectivity index (χ4v) is 3.91. The van der Waals surface area contributed by atoms with E-state index >= 15 is 0 Å². The minimum absolute atomic E-state index is 0.234. The van der Waals surface area contributed by atoms with Gasteiger partial charge in [0.1, 0.15) is 17.4 Å². The number of ketones is 1. The molecule has 3 rings (SSSR count). The van der Waals surface area contributed by atoms with Gasteiger partial charge in [0, 0.05) is 31.1 Å². The molecule has 0 aromatic carbocycles. The number of anilines is 1. The van der Waals surface area contributed by atoms with E-state index in [1.807, 2.05) is 19.3 Å². The van der Waals surface area contributed by atoms with Crippen molar-refractivity contribution in [2.24, 2.45) is 0 Å². The van der Waals surface area contributed by atoms with E-state index in [2.05, 4.69) is 27.4 Å². The quantitative estimate of drug-likeness (QED) is 0.600. The predicted molar refractivity (Wildman–Crippen MR) is 113 cm³/mol. The fraction of sp³-hybridized carbons (Fsp3) is 0.565. The molecule has 150 valence electrons. The first-order valence-electron chi connectivity index (χ1n) is 10.6. The highest BCUT2D eigenvalue weighted by molar-refractivity contribution is 5.76. The zero-order valence-corrected chi connectivity index (χ0v) is 17.2. The lowest BCUT2D eigenvalue weighted by molar-refractivity contribution is -0.117. The van der Waals surface area contributed by atoms with Gasteiger partial charge in [-0.2, -0.15) is 0 Å². The molecule has 0 spiro atoms. The first-order chi connectivity index (χ1) is 13.6. The summed E-state index contributed by atoms with van der Waals surface area (Å²) in [6.07, 6.45) is 13.4. The maximum Gasteiger partial charge on any atom is 0.130 e. The summed E-state index contributed by atoms with van der Waals surface area (Å²) in [5.74, 6) is 2.34. The number of carbonyl (C=O) groups excluding carboxylic acids is 1. The van der Waals surface area contributed by atoms with Gasteiger partial charge in [-0.15, -0.1) is 0 Å². The molecule has 0 radical (unpaired) electrons. The number of fused-ring (bicyclic) bond motifs is 1. The molecule has 0 unspecified atom stereocenters. The van der Waals surface area contributed by atoms with E-state index in [0.717, 1.165) is 55.9 Å². The van der Waals surface area contributed by atoms with Gasteiger partial charge in [-0.3, -0.25) is 0 Å². The van der Waals surface area contributed by atoms with Gasteiger partial charge in [0.25, 0.3) is 0 Å². The van der Waals surface area contributed by atoms with Crippen LogP contribution in [0.3, 0.4) is 0 Å². The lowest BCUT2D eigenvalue weighted by Crippen LogP contribution is -2.13. The molecule has 0 amide bonds. The van der Waals surface area contributed by atoms with Gasteiger partial charge < -0.3 is 10.1 Å². The fourth-order valence-electron chi connectivity index (χ4n) is 3.91. The van der Waals surface area contributed by atoms with E-state index in [9.17, 15) is 4.79 Å². The molecule has 2 aromatic heterocycles. The number of rotatable bonds is 10. The Morgan fingerprint density at radius 1 is 1.14 bits per heavy atom. The van der Waals surface area contributed by atoms with Crippen LogP contribution in [0.15, 0.2) is 24.5 Å². The van der Waals surface area contributed by atoms with Crippen molar-refractivity contribution in [3.8, 4) is 0 Å². The number of nitrogens with one attached hydrogen (secondary N) is 1. The second-order valence-electron chi connectivity index (χ2n) is 7.96. The summed E-state index contributed by atoms with van der Waals surface area (Å²) >= 11 is 0. The molecule has 0 saturated heterocycles. The van der Waals surface area contributed by atoms with Crippen molar-refractivity contribution >= 4 is 11.6 Å². The smallest absolute Gasteiger partial charge is 0.130 e. The molecule has 1 aliphatic rings. The van der Waals surface area contributed by atoms with E-state index < -0.39 is 0 Å². The third-order valence-corrected chi connectivity index (χ3v) is 5.49. The van der Waals surface area contributed by atoms with Crippen LogP contribution >= 0.6 is 0 Å². The summed E-state index contributed by atoms with van der Waals surface area (Å²) < 4.78 is 0. The number of hydrogen-bond acceptors (Lipinski definition) is 5. The SMILES string of the molecule is CC(=O)C[C@H](CCCCCCc1ccc2c(n1)NCCC2)c1cnc(C)nc1. The highest BCUT2D eigenvalue weighted by atomic mass is 16.1. The van der Waals surface area contributed by atoms with Crippen molar-refractivity contribution in [1.82, 2.24) is 15.0 Å². The molecular formula is C23H32N4O. The molecule has 0 saturated carbocycles. The van der Waals surface area contributed by atoms with Gasteiger partial charge in [0.2, 0.25) is 0 Å². The largest absolute Gasteiger partial charge is 0.370 e. The Hall–Kier alpha value is -2.30. The van der Waals surface area contributed by atoms with Crippen LogP contribution in [0, 0.1) is 6.92 Å². The average molecular weight is 381 g/mol. The Labute approximate surface area is 168 Å². The summed E-state index contributed by atoms with van der Waals surface area (Å²) in [6.45, 7) is 4.59. The molecule has 1 N–H and O–H groups in total. The number of pyridine rings is 1. The van der Waals surface area contributed by atoms with Crippen LogP contribution in [-0.4, -0.2) is 27.3 Å². The third kappa shape index (κ3) is 6.11. The predicted octanol–water partition coefficient (Wildman–Crippen LogP) is 4.79. The summed E-state index contributed by atoms with van der Waals surface area (Å²) in [6, 6.07) is 4.42. The molecule has 1 atom stereocenters. The van der Waals surface area contributed by atoms with E-state index in [0.29, 0.717) is 6.42 Å². The molecule has 1 aliphatic heterocycles. The number of unbranched alkanes of at least 4 members (excludes halogenated alkanes) is 3. The van der Waals surface area contributed by atoms with Crippen LogP contribution in [0.5, 0.6) is 0 Å². The number of carbonyl (C=O) groups is 1. The minimum Gasteiger partial charge on any atom is -0.370 e. The Kier molecular flexibility index (Phi) is 7.52. The Morgan fingerprint density at radius 2 is 1.93 bits per heavy atom. The summed E-state index contributed by atoms with van der Waals surface area (Å²) in [5.41, 5.74) is 3.64. The summed E-state index contributed by atoms with van der Waals surface area (Å²) in [5, 5.41) is 3.41. The lowest BCUT2D eigenvalue weighted by atomic mass is 9.90. The maximum atomic E-state index is 11.6. The molecule has 5 heteroatoms. The Bertz CT molecular complexity index is 773. The van der Waals surface area contributed by atoms with Crippen molar-refractivity contribution in [2.45, 2.75) is 77.6 Å². The van der Waals surface area contributed by atoms with Gasteiger partial charge in [-0.05, 0) is 69.1 Å². The first kappa shape index (κ1) is 20.4. The number of aryl methyl sites for hydroxylation is 3. The second-order valence-corrected chi connectivity index (χ2v) is 7.96. The zero-order chi connectivity index (χ0) is 19.8. The number of nitrogens with zero attached hydrogens (tertiary/aromatic N) is 3. The standard InChI is InChI=1S/C23H32N4O/c1-17(28)14-20(21-15-25-18(2)26-16-21)8-5-3-4-6-10-22-12-11-19-9-7-13-24-23(19)27-22/h11-12,15-16,20H,3-10,13-14H2,1-2H3,(H,24,27)/t20-/m0/s1. The van der Waals surface area contributed by atoms with Crippen LogP contribution in [0.2, 0.25) is 0 Å². The van der Waals surface area contributed by atoms with Gasteiger partial charge in [-0.1, -0.05) is 25.3 Å². The third-order valence-electron chi connectivity index (χ3n) is 5.49. The molecule has 0 aliphatic carbocycles. The normalized spacial score (nSPS) is 14.2. The number of aromatic nitrogens is 3. The van der Waals surface area contributed by atoms with E-state index in [1.165, 1.54) is 30.5 Å². The molecule has 5 nitrogen and oxygen atoms in total. The van der Waals surface area contributed by atoms with Gasteiger partial charge in [0.15, 0.2) is 0 Å². The van der Waals surface area contributed by atoms with Gasteiger partial charge >= 0.3 is 0 Å². The summed E-state index contributed by atoms with van der Waals surface area (Å²) in [7, 11) is 0. The lowest BCUT2D eigenvalue weighted by Gasteiger charge is -2.17. The molecule has 0 bridgehead atoms. The second kappa shape index (κ2) is 10.3. The van der Waals surface area contributed by atoms with E-state index in [4.69, 9.17) is 4.98 Å². The van der Waals surface area contributed by atoms with Crippen LogP contribution in [-0.2, 0) is 17.6 Å². The van der Waals surface area contributed by atoms with Crippen LogP contribution in [0.1, 0.15) is 80.4 Å². The maximum absolute atomic E-state index is 11.6. The molecule has 0 fully saturated rings. The molecule has 3 heterocycles. The average Bonchev–Trinajstić information content (AvgIpc) is 2.70. The van der Waals surface area contributed by atoms with Crippen molar-refractivity contribution in [3.05, 3.63) is 47.2 Å². The highest BCUT2D eigenvalue weighted by Crippen LogP contribution is 2.26. The van der Waals surface area contributed by atoms with Crippen molar-refractivity contribution in [1.29, 1.82) is 0 Å². The highest BCUT2D eigenvalue weighted by Gasteiger charge is 2.15. The van der Waals surface area contributed by atoms with Gasteiger partial charge in [0.05, 0.1) is 0 Å². The molecule has 28 heavy (non-hydrogen) atoms. The number of Topliss-reactive ketones (excluding diaryl/α,β-unsaturated/α-hetero) is 1. The zero-order valence-electron chi connectivity index (χ0n) is 17.2. The van der Waals surface area contributed by atoms with Gasteiger partial charge in [-0.25, -0.2) is 15.0 Å². The Balaban J connectivity index is 1.40. The minimum atomic E-state index is 0.234. The van der Waals surface area contributed by atoms with Crippen molar-refractivity contribution in [2.75, 3.05) is 11.9 Å². The number of hydrogen-bond donors (Lipinski definition) is 1. The van der Waals surface area contributed by atoms with Crippen LogP contribution in [0.4, 0.5) is 5.82 Å². The molecular weight excluding hydrogens is 348 g/mol. The molecule has 2 aromatic rings. The van der Waals surface area contributed by atoms with Crippen LogP contribution in [0.25, 0.3) is 0 Å². The van der Waals surface area contributed by atoms with Crippen LogP contribution < -0.4 is 5.32 Å². The van der Waals surface area contributed by atoms with Crippen molar-refractivity contribution < 1.29 is 4.79 Å². The van der Waals surface area contributed by atoms with E-state index in [-0.39, 0.29) is 11.7 Å². The monoisotopic (exact) mass is 380 g/mol. The first-order valence-corrected chi connectivity index (χ1v) is 10.6. The van der Waals surface area contributed by atoms with Crippen molar-refractivity contribution in [3.63, 3.8) is 0 Å². The Morgan fingerprint density at radius 3 is 2.71 bits per heavy atom. The summed E-state index contributed by atoms with van der Waals surface area (Å²) in [4.78, 5) is 25.0.